The van der Waals surface area contributed by atoms with Gasteiger partial charge in [0.15, 0.2) is 18.4 Å². The van der Waals surface area contributed by atoms with E-state index in [0.717, 1.165) is 31.3 Å². The van der Waals surface area contributed by atoms with Crippen molar-refractivity contribution in [3.63, 3.8) is 0 Å². The second-order valence-corrected chi connectivity index (χ2v) is 18.0. The van der Waals surface area contributed by atoms with E-state index >= 15 is 0 Å². The van der Waals surface area contributed by atoms with E-state index in [1.807, 2.05) is 25.2 Å². The first kappa shape index (κ1) is 43.8. The summed E-state index contributed by atoms with van der Waals surface area (Å²) in [5.74, 6) is -2.42. The first-order valence-electron chi connectivity index (χ1n) is 21.9. The van der Waals surface area contributed by atoms with Gasteiger partial charge in [-0.25, -0.2) is 0 Å². The van der Waals surface area contributed by atoms with Gasteiger partial charge in [0.25, 0.3) is 0 Å². The summed E-state index contributed by atoms with van der Waals surface area (Å²) in [7, 11) is 1.70. The molecule has 4 saturated heterocycles. The van der Waals surface area contributed by atoms with Gasteiger partial charge in [0.2, 0.25) is 0 Å². The lowest BCUT2D eigenvalue weighted by atomic mass is 9.71. The number of methoxy groups -OCH3 is 1. The smallest absolute Gasteiger partial charge is 0.316 e. The summed E-state index contributed by atoms with van der Waals surface area (Å²) in [5.41, 5.74) is 0.235. The van der Waals surface area contributed by atoms with Gasteiger partial charge in [-0.3, -0.25) is 4.79 Å². The summed E-state index contributed by atoms with van der Waals surface area (Å²) >= 11 is 0. The molecule has 6 aliphatic heterocycles. The highest BCUT2D eigenvalue weighted by Gasteiger charge is 2.60. The zero-order valence-corrected chi connectivity index (χ0v) is 35.7. The molecule has 2 bridgehead atoms. The number of rotatable bonds is 7. The topological polar surface area (TPSA) is 141 Å². The van der Waals surface area contributed by atoms with Crippen LogP contribution in [0.2, 0.25) is 0 Å². The molecule has 1 aliphatic carbocycles. The van der Waals surface area contributed by atoms with Gasteiger partial charge < -0.3 is 52.8 Å². The van der Waals surface area contributed by atoms with Gasteiger partial charge in [0.1, 0.15) is 35.9 Å². The molecule has 0 aromatic rings. The first-order valence-corrected chi connectivity index (χ1v) is 21.9. The summed E-state index contributed by atoms with van der Waals surface area (Å²) in [6.45, 7) is 15.2. The number of fused-ring (bicyclic) bond motifs is 2. The van der Waals surface area contributed by atoms with Gasteiger partial charge in [0.05, 0.1) is 37.1 Å². The summed E-state index contributed by atoms with van der Waals surface area (Å²) in [6.07, 6.45) is 14.1. The average molecular weight is 813 g/mol. The molecule has 7 rings (SSSR count). The minimum absolute atomic E-state index is 0.0539. The number of carbonyl (C=O) groups is 1. The minimum atomic E-state index is -1.81. The van der Waals surface area contributed by atoms with Crippen LogP contribution in [-0.2, 0) is 47.4 Å². The number of hydrogen-bond donors (Lipinski definition) is 2. The van der Waals surface area contributed by atoms with Crippen molar-refractivity contribution in [2.24, 2.45) is 23.7 Å². The standard InChI is InChI=1S/C46H68O12/c1-9-26(2)41-29(5)18-19-45(58-41)24-34-22-33(57-45)17-16-28(4)40(56-38-23-36(50-8)42(31(7)53-38)55-37-15-10-11-20-51-37)27(3)13-12-14-32-25-52-43-39(47)30(6)21-35(44(48)54-34)46(32,43)49/h12-14,16,18-19,21,26-27,29,31,33-43,47,49H,9-11,15,17,20,22-25H2,1-8H3/t26?,27?,29-,31-,33+,34-,35-,36-,37?,38?,39+,40-,41+,42-,43+,45+,46+/m0/s1. The van der Waals surface area contributed by atoms with Crippen LogP contribution in [0.5, 0.6) is 0 Å². The predicted molar refractivity (Wildman–Crippen MR) is 215 cm³/mol. The van der Waals surface area contributed by atoms with Crippen LogP contribution in [-0.4, -0.2) is 115 Å². The number of ether oxygens (including phenoxy) is 9. The Morgan fingerprint density at radius 3 is 2.53 bits per heavy atom. The van der Waals surface area contributed by atoms with Crippen molar-refractivity contribution < 1.29 is 57.6 Å². The first-order chi connectivity index (χ1) is 27.7. The van der Waals surface area contributed by atoms with Crippen LogP contribution >= 0.6 is 0 Å². The van der Waals surface area contributed by atoms with E-state index in [0.29, 0.717) is 43.4 Å². The molecule has 2 N–H and O–H groups in total. The van der Waals surface area contributed by atoms with E-state index in [1.54, 1.807) is 26.2 Å². The van der Waals surface area contributed by atoms with Gasteiger partial charge in [-0.05, 0) is 75.2 Å². The number of aliphatic hydroxyl groups excluding tert-OH is 1. The Morgan fingerprint density at radius 2 is 1.79 bits per heavy atom. The molecule has 0 saturated carbocycles. The van der Waals surface area contributed by atoms with E-state index in [1.165, 1.54) is 0 Å². The van der Waals surface area contributed by atoms with Gasteiger partial charge in [-0.2, -0.15) is 0 Å². The SMILES string of the molecule is CCC(C)[C@H]1O[C@]2(C=C[C@@H]1C)C[C@@H]1C[C@@H](CC=C(C)[C@@H](OC3C[C@H](OC)[C@@H](OC4CCCCO4)[C@H](C)O3)C(C)C=CC=C3CO[C@@H]4[C@H](O)C(C)=C[C@@H](C(=O)O1)[C@]34O)O2. The summed E-state index contributed by atoms with van der Waals surface area (Å²) in [6, 6.07) is 0. The lowest BCUT2D eigenvalue weighted by Gasteiger charge is -2.48. The number of allylic oxidation sites excluding steroid dienone is 2. The van der Waals surface area contributed by atoms with Gasteiger partial charge in [0, 0.05) is 44.8 Å². The zero-order chi connectivity index (χ0) is 41.4. The van der Waals surface area contributed by atoms with Crippen LogP contribution in [0, 0.1) is 23.7 Å². The lowest BCUT2D eigenvalue weighted by molar-refractivity contribution is -0.300. The van der Waals surface area contributed by atoms with Crippen molar-refractivity contribution in [3.8, 4) is 0 Å². The molecular weight excluding hydrogens is 744 g/mol. The van der Waals surface area contributed by atoms with Crippen LogP contribution in [0.25, 0.3) is 0 Å². The molecule has 324 valence electrons. The Morgan fingerprint density at radius 1 is 0.983 bits per heavy atom. The van der Waals surface area contributed by atoms with Crippen LogP contribution in [0.4, 0.5) is 0 Å². The summed E-state index contributed by atoms with van der Waals surface area (Å²) in [5, 5.41) is 23.7. The zero-order valence-electron chi connectivity index (χ0n) is 35.7. The Kier molecular flexibility index (Phi) is 13.9. The van der Waals surface area contributed by atoms with Crippen molar-refractivity contribution in [3.05, 3.63) is 59.3 Å². The molecule has 1 spiro atoms. The van der Waals surface area contributed by atoms with Gasteiger partial charge in [-0.15, -0.1) is 0 Å². The van der Waals surface area contributed by atoms with Crippen molar-refractivity contribution in [1.82, 2.24) is 0 Å². The molecule has 0 aromatic carbocycles. The second-order valence-electron chi connectivity index (χ2n) is 18.0. The van der Waals surface area contributed by atoms with E-state index in [-0.39, 0.29) is 61.2 Å². The highest BCUT2D eigenvalue weighted by atomic mass is 16.7. The molecule has 58 heavy (non-hydrogen) atoms. The highest BCUT2D eigenvalue weighted by Crippen LogP contribution is 2.47. The largest absolute Gasteiger partial charge is 0.462 e. The van der Waals surface area contributed by atoms with Crippen LogP contribution in [0.1, 0.15) is 99.8 Å². The number of carbonyl (C=O) groups excluding carboxylic acids is 1. The van der Waals surface area contributed by atoms with Gasteiger partial charge >= 0.3 is 5.97 Å². The summed E-state index contributed by atoms with van der Waals surface area (Å²) < 4.78 is 57.9. The molecule has 6 heterocycles. The lowest BCUT2D eigenvalue weighted by Crippen LogP contribution is -2.58. The normalized spacial score (nSPS) is 45.5. The molecule has 0 aromatic heterocycles. The molecule has 4 unspecified atom stereocenters. The fourth-order valence-corrected chi connectivity index (χ4v) is 10.0. The van der Waals surface area contributed by atoms with Crippen molar-refractivity contribution >= 4 is 5.97 Å². The molecule has 0 amide bonds. The van der Waals surface area contributed by atoms with E-state index in [2.05, 4.69) is 46.8 Å². The molecule has 0 radical (unpaired) electrons. The monoisotopic (exact) mass is 812 g/mol. The highest BCUT2D eigenvalue weighted by molar-refractivity contribution is 5.78. The molecule has 17 atom stereocenters. The molecule has 4 fully saturated rings. The minimum Gasteiger partial charge on any atom is -0.462 e. The number of esters is 1. The Balaban J connectivity index is 1.21. The van der Waals surface area contributed by atoms with Crippen LogP contribution in [0.3, 0.4) is 0 Å². The fraction of sp³-hybridized carbons (Fsp3) is 0.761. The Bertz CT molecular complexity index is 1600. The fourth-order valence-electron chi connectivity index (χ4n) is 10.0. The molecular formula is C46H68O12. The maximum Gasteiger partial charge on any atom is 0.316 e. The maximum atomic E-state index is 14.3. The maximum absolute atomic E-state index is 14.3. The van der Waals surface area contributed by atoms with Crippen molar-refractivity contribution in [2.45, 2.75) is 179 Å². The third-order valence-corrected chi connectivity index (χ3v) is 13.7. The van der Waals surface area contributed by atoms with Gasteiger partial charge in [-0.1, -0.05) is 70.6 Å². The van der Waals surface area contributed by atoms with E-state index in [4.69, 9.17) is 42.6 Å². The molecule has 12 nitrogen and oxygen atoms in total. The third-order valence-electron chi connectivity index (χ3n) is 13.7. The third kappa shape index (κ3) is 9.03. The Hall–Kier alpha value is -2.23. The molecule has 12 heteroatoms. The Labute approximate surface area is 344 Å². The van der Waals surface area contributed by atoms with Crippen molar-refractivity contribution in [1.29, 1.82) is 0 Å². The second kappa shape index (κ2) is 18.4. The number of hydrogen-bond acceptors (Lipinski definition) is 12. The number of aliphatic hydroxyl groups is 2. The van der Waals surface area contributed by atoms with Crippen LogP contribution < -0.4 is 0 Å². The quantitative estimate of drug-likeness (QED) is 0.218. The van der Waals surface area contributed by atoms with Crippen LogP contribution in [0.15, 0.2) is 59.3 Å². The predicted octanol–water partition coefficient (Wildman–Crippen LogP) is 6.39. The van der Waals surface area contributed by atoms with E-state index in [9.17, 15) is 15.0 Å². The molecule has 7 aliphatic rings. The van der Waals surface area contributed by atoms with E-state index < -0.39 is 54.0 Å². The average Bonchev–Trinajstić information content (AvgIpc) is 3.55. The summed E-state index contributed by atoms with van der Waals surface area (Å²) in [4.78, 5) is 14.3. The van der Waals surface area contributed by atoms with Crippen molar-refractivity contribution in [2.75, 3.05) is 20.3 Å².